The van der Waals surface area contributed by atoms with Crippen LogP contribution in [0, 0.1) is 6.92 Å². The van der Waals surface area contributed by atoms with E-state index >= 15 is 0 Å². The maximum atomic E-state index is 13.2. The van der Waals surface area contributed by atoms with Gasteiger partial charge in [0.25, 0.3) is 5.91 Å². The van der Waals surface area contributed by atoms with Crippen LogP contribution in [0.4, 0.5) is 23.1 Å². The normalized spacial score (nSPS) is 13.8. The molecule has 1 amide bonds. The minimum atomic E-state index is -0.222. The van der Waals surface area contributed by atoms with Crippen molar-refractivity contribution < 1.29 is 4.79 Å². The number of rotatable bonds is 7. The number of piperazine rings is 1. The van der Waals surface area contributed by atoms with E-state index in [1.165, 1.54) is 6.33 Å². The van der Waals surface area contributed by atoms with Gasteiger partial charge in [0.2, 0.25) is 0 Å². The molecular formula is C28H30N8O. The number of hydrogen-bond acceptors (Lipinski definition) is 8. The topological polar surface area (TPSA) is 99.2 Å². The number of nitrogens with one attached hydrogen (secondary N) is 2. The number of nitrogens with zero attached hydrogens (tertiary/aromatic N) is 6. The van der Waals surface area contributed by atoms with E-state index in [0.29, 0.717) is 17.2 Å². The lowest BCUT2D eigenvalue weighted by Crippen LogP contribution is -2.46. The van der Waals surface area contributed by atoms with Crippen molar-refractivity contribution in [3.63, 3.8) is 0 Å². The Hall–Kier alpha value is -4.37. The number of benzene rings is 1. The molecule has 0 spiro atoms. The number of hydrogen-bond donors (Lipinski definition) is 2. The Morgan fingerprint density at radius 2 is 1.84 bits per heavy atom. The van der Waals surface area contributed by atoms with Gasteiger partial charge < -0.3 is 20.4 Å². The molecule has 9 heteroatoms. The van der Waals surface area contributed by atoms with Crippen LogP contribution < -0.4 is 15.5 Å². The second-order valence-electron chi connectivity index (χ2n) is 8.91. The van der Waals surface area contributed by atoms with Crippen LogP contribution in [0.25, 0.3) is 11.3 Å². The number of carbonyl (C=O) groups is 1. The second-order valence-corrected chi connectivity index (χ2v) is 8.91. The molecule has 0 unspecified atom stereocenters. The van der Waals surface area contributed by atoms with Crippen molar-refractivity contribution in [3.8, 4) is 11.3 Å². The highest BCUT2D eigenvalue weighted by Crippen LogP contribution is 2.28. The molecule has 1 saturated heterocycles. The average molecular weight is 495 g/mol. The zero-order valence-corrected chi connectivity index (χ0v) is 21.1. The number of likely N-dealkylation sites (N-methyl/N-ethyl adjacent to an activating group) is 1. The maximum Gasteiger partial charge on any atom is 0.256 e. The summed E-state index contributed by atoms with van der Waals surface area (Å²) in [6.07, 6.45) is 4.93. The Morgan fingerprint density at radius 3 is 2.62 bits per heavy atom. The van der Waals surface area contributed by atoms with Crippen LogP contribution in [0.15, 0.2) is 73.3 Å². The van der Waals surface area contributed by atoms with Gasteiger partial charge in [-0.1, -0.05) is 19.1 Å². The van der Waals surface area contributed by atoms with E-state index in [0.717, 1.165) is 61.0 Å². The smallest absolute Gasteiger partial charge is 0.256 e. The van der Waals surface area contributed by atoms with Gasteiger partial charge >= 0.3 is 0 Å². The first-order chi connectivity index (χ1) is 18.1. The van der Waals surface area contributed by atoms with Gasteiger partial charge in [0.05, 0.1) is 5.69 Å². The molecule has 1 aliphatic rings. The highest BCUT2D eigenvalue weighted by atomic mass is 16.1. The molecule has 9 nitrogen and oxygen atoms in total. The lowest BCUT2D eigenvalue weighted by atomic mass is 10.1. The lowest BCUT2D eigenvalue weighted by molar-refractivity contribution is 0.102. The third-order valence-corrected chi connectivity index (χ3v) is 6.54. The first-order valence-electron chi connectivity index (χ1n) is 12.5. The van der Waals surface area contributed by atoms with Crippen LogP contribution in [-0.4, -0.2) is 63.5 Å². The highest BCUT2D eigenvalue weighted by Gasteiger charge is 2.18. The van der Waals surface area contributed by atoms with Gasteiger partial charge in [0.15, 0.2) is 0 Å². The molecule has 0 saturated carbocycles. The zero-order chi connectivity index (χ0) is 25.6. The fourth-order valence-corrected chi connectivity index (χ4v) is 4.34. The van der Waals surface area contributed by atoms with Gasteiger partial charge in [-0.05, 0) is 61.5 Å². The Labute approximate surface area is 216 Å². The third kappa shape index (κ3) is 5.73. The SMILES string of the molecule is CCN1CCN(c2cccc(NC(=O)c3ccc(C)c(Nc4ncccc4-c4ccncn4)c3)n2)CC1. The molecule has 2 N–H and O–H groups in total. The Kier molecular flexibility index (Phi) is 7.32. The van der Waals surface area contributed by atoms with Crippen molar-refractivity contribution >= 4 is 29.0 Å². The monoisotopic (exact) mass is 494 g/mol. The molecule has 4 heterocycles. The number of aryl methyl sites for hydroxylation is 1. The molecule has 4 aromatic rings. The number of pyridine rings is 2. The first kappa shape index (κ1) is 24.3. The Morgan fingerprint density at radius 1 is 0.973 bits per heavy atom. The van der Waals surface area contributed by atoms with E-state index in [9.17, 15) is 4.79 Å². The fourth-order valence-electron chi connectivity index (χ4n) is 4.34. The molecule has 0 bridgehead atoms. The van der Waals surface area contributed by atoms with Crippen molar-refractivity contribution in [1.82, 2.24) is 24.8 Å². The molecular weight excluding hydrogens is 464 g/mol. The van der Waals surface area contributed by atoms with Crippen LogP contribution >= 0.6 is 0 Å². The van der Waals surface area contributed by atoms with Gasteiger partial charge in [0.1, 0.15) is 23.8 Å². The van der Waals surface area contributed by atoms with Crippen LogP contribution in [0.5, 0.6) is 0 Å². The zero-order valence-electron chi connectivity index (χ0n) is 21.1. The van der Waals surface area contributed by atoms with Gasteiger partial charge in [-0.25, -0.2) is 19.9 Å². The predicted octanol–water partition coefficient (Wildman–Crippen LogP) is 4.38. The first-order valence-corrected chi connectivity index (χ1v) is 12.5. The highest BCUT2D eigenvalue weighted by molar-refractivity contribution is 6.04. The second kappa shape index (κ2) is 11.1. The molecule has 1 aromatic carbocycles. The average Bonchev–Trinajstić information content (AvgIpc) is 2.95. The molecule has 188 valence electrons. The van der Waals surface area contributed by atoms with Crippen LogP contribution in [0.2, 0.25) is 0 Å². The summed E-state index contributed by atoms with van der Waals surface area (Å²) in [5, 5.41) is 6.34. The van der Waals surface area contributed by atoms with Gasteiger partial charge in [-0.2, -0.15) is 0 Å². The van der Waals surface area contributed by atoms with Crippen molar-refractivity contribution in [2.24, 2.45) is 0 Å². The van der Waals surface area contributed by atoms with E-state index in [4.69, 9.17) is 4.98 Å². The third-order valence-electron chi connectivity index (χ3n) is 6.54. The molecule has 37 heavy (non-hydrogen) atoms. The largest absolute Gasteiger partial charge is 0.354 e. The maximum absolute atomic E-state index is 13.2. The number of carbonyl (C=O) groups excluding carboxylic acids is 1. The Bertz CT molecular complexity index is 1370. The predicted molar refractivity (Wildman–Crippen MR) is 146 cm³/mol. The fraction of sp³-hybridized carbons (Fsp3) is 0.250. The molecule has 0 radical (unpaired) electrons. The van der Waals surface area contributed by atoms with E-state index in [1.54, 1.807) is 12.4 Å². The minimum absolute atomic E-state index is 0.222. The van der Waals surface area contributed by atoms with Crippen LogP contribution in [0.1, 0.15) is 22.8 Å². The van der Waals surface area contributed by atoms with Crippen LogP contribution in [-0.2, 0) is 0 Å². The van der Waals surface area contributed by atoms with Crippen molar-refractivity contribution in [1.29, 1.82) is 0 Å². The summed E-state index contributed by atoms with van der Waals surface area (Å²) >= 11 is 0. The molecule has 0 atom stereocenters. The number of amides is 1. The van der Waals surface area contributed by atoms with Gasteiger partial charge in [0, 0.05) is 55.4 Å². The van der Waals surface area contributed by atoms with Crippen molar-refractivity contribution in [2.75, 3.05) is 48.3 Å². The molecule has 5 rings (SSSR count). The lowest BCUT2D eigenvalue weighted by Gasteiger charge is -2.34. The van der Waals surface area contributed by atoms with E-state index in [1.807, 2.05) is 61.5 Å². The van der Waals surface area contributed by atoms with E-state index < -0.39 is 0 Å². The summed E-state index contributed by atoms with van der Waals surface area (Å²) in [5.41, 5.74) is 3.91. The molecule has 1 aliphatic heterocycles. The van der Waals surface area contributed by atoms with E-state index in [-0.39, 0.29) is 5.91 Å². The standard InChI is InChI=1S/C28H30N8O/c1-3-35-14-16-36(17-15-35)26-8-4-7-25(33-26)34-28(37)21-10-9-20(2)24(18-21)32-27-22(6-5-12-30-27)23-11-13-29-19-31-23/h4-13,18-19H,3,14-17H2,1-2H3,(H,30,32)(H,33,34,37). The molecule has 0 aliphatic carbocycles. The number of anilines is 4. The number of aromatic nitrogens is 4. The summed E-state index contributed by atoms with van der Waals surface area (Å²) in [6, 6.07) is 17.0. The van der Waals surface area contributed by atoms with Crippen molar-refractivity contribution in [3.05, 3.63) is 84.4 Å². The molecule has 3 aromatic heterocycles. The van der Waals surface area contributed by atoms with Crippen molar-refractivity contribution in [2.45, 2.75) is 13.8 Å². The van der Waals surface area contributed by atoms with E-state index in [2.05, 4.69) is 42.3 Å². The summed E-state index contributed by atoms with van der Waals surface area (Å²) in [5.74, 6) is 1.85. The van der Waals surface area contributed by atoms with Gasteiger partial charge in [-0.3, -0.25) is 4.79 Å². The quantitative estimate of drug-likeness (QED) is 0.391. The summed E-state index contributed by atoms with van der Waals surface area (Å²) in [7, 11) is 0. The van der Waals surface area contributed by atoms with Gasteiger partial charge in [-0.15, -0.1) is 0 Å². The minimum Gasteiger partial charge on any atom is -0.354 e. The molecule has 1 fully saturated rings. The Balaban J connectivity index is 1.32. The summed E-state index contributed by atoms with van der Waals surface area (Å²) in [4.78, 5) is 35.4. The van der Waals surface area contributed by atoms with Crippen LogP contribution in [0.3, 0.4) is 0 Å². The summed E-state index contributed by atoms with van der Waals surface area (Å²) in [6.45, 7) is 9.12. The summed E-state index contributed by atoms with van der Waals surface area (Å²) < 4.78 is 0.